The van der Waals surface area contributed by atoms with Crippen LogP contribution in [0.5, 0.6) is 23.0 Å². The van der Waals surface area contributed by atoms with Gasteiger partial charge in [-0.3, -0.25) is 43.2 Å². The SMILES string of the molecule is COC1(c2ccc(OC(C)=O)cc2)Oc2cc(O[C@@H]3O[C@H](COC(C)=O)[C@@H](OC(C)=O)[C@H](OC(C)=O)[C@H]3O[C@@H]3O[C@@H](C)[C@H](OC(C)=O)[C@@H](OC(C)=O)[C@H]3OC(C)=O)cc(OC(C)=O)c2C(=O)C1Br. The predicted molar refractivity (Wildman–Crippen MR) is 225 cm³/mol. The zero-order chi connectivity index (χ0) is 50.4. The maximum absolute atomic E-state index is 14.3. The lowest BCUT2D eigenvalue weighted by Gasteiger charge is -2.48. The fourth-order valence-electron chi connectivity index (χ4n) is 7.58. The number of Topliss-reactive ketones (excluding diaryl/α,β-unsaturated/α-hetero) is 1. The van der Waals surface area contributed by atoms with Crippen molar-refractivity contribution in [2.24, 2.45) is 0 Å². The van der Waals surface area contributed by atoms with E-state index >= 15 is 0 Å². The third kappa shape index (κ3) is 12.5. The average Bonchev–Trinajstić information content (AvgIpc) is 3.22. The Balaban J connectivity index is 1.69. The topological polar surface area (TPSA) is 283 Å². The van der Waals surface area contributed by atoms with E-state index < -0.39 is 132 Å². The summed E-state index contributed by atoms with van der Waals surface area (Å²) in [6, 6.07) is 8.16. The van der Waals surface area contributed by atoms with Crippen molar-refractivity contribution in [3.63, 3.8) is 0 Å². The van der Waals surface area contributed by atoms with Gasteiger partial charge in [0.15, 0.2) is 48.7 Å². The van der Waals surface area contributed by atoms with Crippen molar-refractivity contribution in [1.82, 2.24) is 0 Å². The number of carbonyl (C=O) groups excluding carboxylic acids is 9. The van der Waals surface area contributed by atoms with Crippen molar-refractivity contribution in [1.29, 1.82) is 0 Å². The molecule has 12 atom stereocenters. The van der Waals surface area contributed by atoms with Crippen molar-refractivity contribution in [3.8, 4) is 23.0 Å². The normalized spacial score (nSPS) is 28.5. The van der Waals surface area contributed by atoms with Crippen molar-refractivity contribution in [2.75, 3.05) is 13.7 Å². The molecule has 24 heteroatoms. The molecule has 3 heterocycles. The minimum atomic E-state index is -1.94. The third-order valence-corrected chi connectivity index (χ3v) is 11.0. The molecule has 3 aliphatic rings. The van der Waals surface area contributed by atoms with Gasteiger partial charge in [-0.25, -0.2) is 0 Å². The number of rotatable bonds is 15. The van der Waals surface area contributed by atoms with Gasteiger partial charge in [0.25, 0.3) is 5.79 Å². The van der Waals surface area contributed by atoms with Gasteiger partial charge in [0, 0.05) is 80.2 Å². The third-order valence-electron chi connectivity index (χ3n) is 10.0. The Bertz CT molecular complexity index is 2280. The highest BCUT2D eigenvalue weighted by Crippen LogP contribution is 2.49. The Kier molecular flexibility index (Phi) is 17.3. The van der Waals surface area contributed by atoms with Crippen molar-refractivity contribution < 1.29 is 109 Å². The second-order valence-corrected chi connectivity index (χ2v) is 16.3. The molecule has 0 N–H and O–H groups in total. The van der Waals surface area contributed by atoms with E-state index in [1.165, 1.54) is 51.3 Å². The lowest BCUT2D eigenvalue weighted by atomic mass is 9.92. The van der Waals surface area contributed by atoms with Crippen LogP contribution in [0.3, 0.4) is 0 Å². The molecule has 2 aromatic rings. The highest BCUT2D eigenvalue weighted by Gasteiger charge is 2.58. The van der Waals surface area contributed by atoms with Gasteiger partial charge >= 0.3 is 47.8 Å². The van der Waals surface area contributed by atoms with Gasteiger partial charge in [-0.2, -0.15) is 0 Å². The molecule has 2 fully saturated rings. The molecule has 2 saturated heterocycles. The van der Waals surface area contributed by atoms with Gasteiger partial charge in [0.05, 0.1) is 6.10 Å². The lowest BCUT2D eigenvalue weighted by Crippen LogP contribution is -2.67. The second kappa shape index (κ2) is 22.3. The molecular weight excluding hydrogens is 976 g/mol. The van der Waals surface area contributed by atoms with Crippen molar-refractivity contribution >= 4 is 69.5 Å². The van der Waals surface area contributed by atoms with Crippen LogP contribution in [0.1, 0.15) is 78.2 Å². The molecule has 0 amide bonds. The van der Waals surface area contributed by atoms with Gasteiger partial charge in [-0.15, -0.1) is 0 Å². The quantitative estimate of drug-likeness (QED) is 0.107. The summed E-state index contributed by atoms with van der Waals surface area (Å²) in [5.41, 5.74) is 0.00594. The van der Waals surface area contributed by atoms with Crippen LogP contribution in [0.25, 0.3) is 0 Å². The smallest absolute Gasteiger partial charge is 0.308 e. The first kappa shape index (κ1) is 52.8. The summed E-state index contributed by atoms with van der Waals surface area (Å²) in [4.78, 5) is 112. The summed E-state index contributed by atoms with van der Waals surface area (Å²) in [5, 5.41) is 0. The number of hydrogen-bond donors (Lipinski definition) is 0. The van der Waals surface area contributed by atoms with Gasteiger partial charge in [0.2, 0.25) is 6.29 Å². The van der Waals surface area contributed by atoms with Crippen LogP contribution in [0.4, 0.5) is 0 Å². The molecule has 0 saturated carbocycles. The Morgan fingerprint density at radius 1 is 0.603 bits per heavy atom. The van der Waals surface area contributed by atoms with E-state index in [0.717, 1.165) is 54.5 Å². The van der Waals surface area contributed by atoms with Crippen LogP contribution in [0.2, 0.25) is 0 Å². The van der Waals surface area contributed by atoms with Gasteiger partial charge in [0.1, 0.15) is 46.1 Å². The summed E-state index contributed by atoms with van der Waals surface area (Å²) in [7, 11) is 1.26. The molecule has 0 bridgehead atoms. The molecule has 2 aromatic carbocycles. The van der Waals surface area contributed by atoms with E-state index in [1.54, 1.807) is 0 Å². The first-order valence-corrected chi connectivity index (χ1v) is 21.6. The van der Waals surface area contributed by atoms with Crippen molar-refractivity contribution in [2.45, 2.75) is 134 Å². The number of ketones is 1. The fourth-order valence-corrected chi connectivity index (χ4v) is 8.35. The van der Waals surface area contributed by atoms with Crippen LogP contribution in [0.15, 0.2) is 36.4 Å². The van der Waals surface area contributed by atoms with E-state index in [1.807, 2.05) is 0 Å². The number of fused-ring (bicyclic) bond motifs is 1. The van der Waals surface area contributed by atoms with E-state index in [4.69, 9.17) is 66.3 Å². The molecule has 68 heavy (non-hydrogen) atoms. The number of hydrogen-bond acceptors (Lipinski definition) is 23. The van der Waals surface area contributed by atoms with Crippen molar-refractivity contribution in [3.05, 3.63) is 47.5 Å². The standard InChI is InChI=1S/C44H49BrO23/c1-18-35(60-22(5)49)37(62-24(7)51)39(64-26(9)53)42(57-18)67-40-38(63-25(8)52)36(61-23(6)50)32(17-56-19(2)46)66-43(40)65-29-15-30(59-21(4)48)33-31(16-29)68-44(55-10,41(45)34(33)54)27-11-13-28(14-12-27)58-20(3)47/h11-16,18,32,35-43H,17H2,1-10H3/t18-,32+,35-,36+,37+,38-,39+,40+,41?,42-,43+,44?/m0/s1. The first-order valence-electron chi connectivity index (χ1n) is 20.6. The maximum atomic E-state index is 14.3. The highest BCUT2D eigenvalue weighted by molar-refractivity contribution is 9.10. The van der Waals surface area contributed by atoms with E-state index in [-0.39, 0.29) is 34.1 Å². The largest absolute Gasteiger partial charge is 0.463 e. The molecular formula is C44H49BrO23. The van der Waals surface area contributed by atoms with Gasteiger partial charge < -0.3 is 66.3 Å². The molecule has 0 aromatic heterocycles. The van der Waals surface area contributed by atoms with Crippen LogP contribution in [-0.2, 0) is 91.5 Å². The summed E-state index contributed by atoms with van der Waals surface area (Å²) in [5.74, 6) is -10.2. The summed E-state index contributed by atoms with van der Waals surface area (Å²) in [6.07, 6.45) is -16.3. The molecule has 2 unspecified atom stereocenters. The number of alkyl halides is 1. The molecule has 23 nitrogen and oxygen atoms in total. The van der Waals surface area contributed by atoms with E-state index in [9.17, 15) is 43.2 Å². The molecule has 0 aliphatic carbocycles. The number of benzene rings is 2. The number of methoxy groups -OCH3 is 1. The summed E-state index contributed by atoms with van der Waals surface area (Å²) < 4.78 is 81.3. The van der Waals surface area contributed by atoms with Gasteiger partial charge in [-0.05, 0) is 31.2 Å². The van der Waals surface area contributed by atoms with Crippen LogP contribution < -0.4 is 18.9 Å². The van der Waals surface area contributed by atoms with Gasteiger partial charge in [-0.1, -0.05) is 15.9 Å². The predicted octanol–water partition coefficient (Wildman–Crippen LogP) is 2.83. The number of ether oxygens (including phenoxy) is 14. The first-order chi connectivity index (χ1) is 31.9. The average molecular weight is 1030 g/mol. The maximum Gasteiger partial charge on any atom is 0.308 e. The molecule has 370 valence electrons. The molecule has 3 aliphatic heterocycles. The van der Waals surface area contributed by atoms with Crippen LogP contribution in [-0.4, -0.2) is 133 Å². The summed E-state index contributed by atoms with van der Waals surface area (Å²) in [6.45, 7) is 9.35. The zero-order valence-electron chi connectivity index (χ0n) is 38.3. The Morgan fingerprint density at radius 2 is 1.13 bits per heavy atom. The summed E-state index contributed by atoms with van der Waals surface area (Å²) >= 11 is 3.39. The Morgan fingerprint density at radius 3 is 1.66 bits per heavy atom. The molecule has 5 rings (SSSR count). The lowest BCUT2D eigenvalue weighted by molar-refractivity contribution is -0.356. The minimum absolute atomic E-state index is 0.173. The van der Waals surface area contributed by atoms with Crippen LogP contribution >= 0.6 is 15.9 Å². The van der Waals surface area contributed by atoms with E-state index in [2.05, 4.69) is 15.9 Å². The zero-order valence-corrected chi connectivity index (χ0v) is 39.9. The second-order valence-electron chi connectivity index (χ2n) is 15.4. The molecule has 0 spiro atoms. The number of carbonyl (C=O) groups is 9. The number of halogens is 1. The highest BCUT2D eigenvalue weighted by atomic mass is 79.9. The Labute approximate surface area is 396 Å². The monoisotopic (exact) mass is 1020 g/mol. The van der Waals surface area contributed by atoms with E-state index in [0.29, 0.717) is 0 Å². The fraction of sp³-hybridized carbons (Fsp3) is 0.523. The molecule has 0 radical (unpaired) electrons. The Hall–Kier alpha value is -6.21. The number of esters is 8. The minimum Gasteiger partial charge on any atom is -0.463 e. The van der Waals surface area contributed by atoms with Crippen LogP contribution in [0, 0.1) is 0 Å².